The molecule has 2 amide bonds. The Morgan fingerprint density at radius 2 is 1.79 bits per heavy atom. The minimum absolute atomic E-state index is 0.0607. The summed E-state index contributed by atoms with van der Waals surface area (Å²) in [6, 6.07) is 12.1. The maximum Gasteiger partial charge on any atom is 0.276 e. The maximum atomic E-state index is 12.3. The molecule has 0 radical (unpaired) electrons. The van der Waals surface area contributed by atoms with Crippen molar-refractivity contribution in [1.82, 2.24) is 16.2 Å². The molecule has 28 heavy (non-hydrogen) atoms. The van der Waals surface area contributed by atoms with E-state index in [4.69, 9.17) is 21.7 Å². The van der Waals surface area contributed by atoms with Gasteiger partial charge in [0.25, 0.3) is 11.8 Å². The van der Waals surface area contributed by atoms with Crippen molar-refractivity contribution < 1.29 is 19.1 Å². The van der Waals surface area contributed by atoms with Crippen molar-refractivity contribution in [2.45, 2.75) is 6.92 Å². The predicted molar refractivity (Wildman–Crippen MR) is 116 cm³/mol. The summed E-state index contributed by atoms with van der Waals surface area (Å²) in [6.07, 6.45) is 0. The zero-order valence-corrected chi connectivity index (χ0v) is 18.7. The Kier molecular flexibility index (Phi) is 8.68. The van der Waals surface area contributed by atoms with E-state index >= 15 is 0 Å². The zero-order valence-electron chi connectivity index (χ0n) is 14.8. The van der Waals surface area contributed by atoms with Crippen molar-refractivity contribution in [1.29, 1.82) is 0 Å². The lowest BCUT2D eigenvalue weighted by Crippen LogP contribution is -2.49. The number of benzene rings is 2. The lowest BCUT2D eigenvalue weighted by molar-refractivity contribution is -0.123. The van der Waals surface area contributed by atoms with Crippen molar-refractivity contribution in [3.63, 3.8) is 0 Å². The van der Waals surface area contributed by atoms with Gasteiger partial charge in [0.15, 0.2) is 11.7 Å². The molecule has 2 aromatic rings. The molecule has 0 bridgehead atoms. The molecule has 0 saturated carbocycles. The van der Waals surface area contributed by atoms with Crippen LogP contribution in [0, 0.1) is 0 Å². The summed E-state index contributed by atoms with van der Waals surface area (Å²) in [6.45, 7) is 2.01. The molecule has 0 heterocycles. The van der Waals surface area contributed by atoms with Crippen molar-refractivity contribution in [2.75, 3.05) is 13.2 Å². The summed E-state index contributed by atoms with van der Waals surface area (Å²) in [7, 11) is 0. The molecular weight excluding hydrogens is 514 g/mol. The monoisotopic (exact) mass is 529 g/mol. The van der Waals surface area contributed by atoms with E-state index in [-0.39, 0.29) is 11.7 Å². The van der Waals surface area contributed by atoms with Crippen LogP contribution in [0.5, 0.6) is 11.5 Å². The third-order valence-electron chi connectivity index (χ3n) is 3.23. The topological polar surface area (TPSA) is 88.7 Å². The number of thiocarbonyl (C=S) groups is 1. The first-order valence-electron chi connectivity index (χ1n) is 8.10. The molecule has 0 unspecified atom stereocenters. The Bertz CT molecular complexity index is 880. The second-order valence-electron chi connectivity index (χ2n) is 5.25. The SMILES string of the molecule is CCOc1ccccc1C(=O)NC(=S)NNC(=O)COc1ccc(Br)cc1Br. The normalized spacial score (nSPS) is 9.96. The van der Waals surface area contributed by atoms with Gasteiger partial charge in [-0.1, -0.05) is 28.1 Å². The molecule has 0 saturated heterocycles. The van der Waals surface area contributed by atoms with Gasteiger partial charge in [0, 0.05) is 4.47 Å². The molecule has 10 heteroatoms. The molecule has 7 nitrogen and oxygen atoms in total. The highest BCUT2D eigenvalue weighted by molar-refractivity contribution is 9.11. The van der Waals surface area contributed by atoms with E-state index in [1.807, 2.05) is 6.92 Å². The van der Waals surface area contributed by atoms with Crippen LogP contribution >= 0.6 is 44.1 Å². The van der Waals surface area contributed by atoms with Gasteiger partial charge in [-0.25, -0.2) is 0 Å². The summed E-state index contributed by atoms with van der Waals surface area (Å²) < 4.78 is 12.4. The third kappa shape index (κ3) is 6.77. The van der Waals surface area contributed by atoms with Crippen LogP contribution in [-0.4, -0.2) is 30.1 Å². The van der Waals surface area contributed by atoms with Gasteiger partial charge in [0.1, 0.15) is 11.5 Å². The van der Waals surface area contributed by atoms with Crippen LogP contribution in [0.15, 0.2) is 51.4 Å². The lowest BCUT2D eigenvalue weighted by atomic mass is 10.2. The van der Waals surface area contributed by atoms with E-state index in [2.05, 4.69) is 48.0 Å². The standard InChI is InChI=1S/C18H17Br2N3O4S/c1-2-26-14-6-4-3-5-12(14)17(25)21-18(28)23-22-16(24)10-27-15-8-7-11(19)9-13(15)20/h3-9H,2,10H2,1H3,(H,22,24)(H2,21,23,25,28). The number of hydrogen-bond acceptors (Lipinski definition) is 5. The number of ether oxygens (including phenoxy) is 2. The largest absolute Gasteiger partial charge is 0.493 e. The first-order chi connectivity index (χ1) is 13.4. The smallest absolute Gasteiger partial charge is 0.276 e. The number of rotatable bonds is 6. The van der Waals surface area contributed by atoms with E-state index in [9.17, 15) is 9.59 Å². The van der Waals surface area contributed by atoms with E-state index in [1.165, 1.54) is 0 Å². The number of amides is 2. The molecule has 2 aromatic carbocycles. The van der Waals surface area contributed by atoms with Gasteiger partial charge in [0.05, 0.1) is 16.6 Å². The number of para-hydroxylation sites is 1. The molecule has 0 spiro atoms. The fourth-order valence-corrected chi connectivity index (χ4v) is 3.34. The molecule has 3 N–H and O–H groups in total. The molecule has 0 aromatic heterocycles. The van der Waals surface area contributed by atoms with Gasteiger partial charge >= 0.3 is 0 Å². The number of nitrogens with one attached hydrogen (secondary N) is 3. The summed E-state index contributed by atoms with van der Waals surface area (Å²) >= 11 is 11.7. The first kappa shape index (κ1) is 22.1. The Balaban J connectivity index is 1.80. The number of carbonyl (C=O) groups excluding carboxylic acids is 2. The minimum Gasteiger partial charge on any atom is -0.493 e. The summed E-state index contributed by atoms with van der Waals surface area (Å²) in [5.74, 6) is 0.0385. The van der Waals surface area contributed by atoms with Crippen LogP contribution in [0.25, 0.3) is 0 Å². The molecule has 0 aliphatic heterocycles. The van der Waals surface area contributed by atoms with E-state index in [0.29, 0.717) is 28.1 Å². The Morgan fingerprint density at radius 1 is 1.04 bits per heavy atom. The Morgan fingerprint density at radius 3 is 2.50 bits per heavy atom. The minimum atomic E-state index is -0.471. The third-order valence-corrected chi connectivity index (χ3v) is 4.54. The van der Waals surface area contributed by atoms with Gasteiger partial charge in [-0.15, -0.1) is 0 Å². The van der Waals surface area contributed by atoms with E-state index in [1.54, 1.807) is 42.5 Å². The van der Waals surface area contributed by atoms with E-state index < -0.39 is 11.8 Å². The second kappa shape index (κ2) is 11.0. The van der Waals surface area contributed by atoms with Gasteiger partial charge in [-0.3, -0.25) is 25.8 Å². The predicted octanol–water partition coefficient (Wildman–Crippen LogP) is 3.32. The molecule has 0 aliphatic carbocycles. The van der Waals surface area contributed by atoms with Crippen molar-refractivity contribution in [3.8, 4) is 11.5 Å². The van der Waals surface area contributed by atoms with Crippen LogP contribution in [-0.2, 0) is 4.79 Å². The highest BCUT2D eigenvalue weighted by Gasteiger charge is 2.13. The van der Waals surface area contributed by atoms with Crippen LogP contribution in [0.1, 0.15) is 17.3 Å². The Hall–Kier alpha value is -2.17. The fraction of sp³-hybridized carbons (Fsp3) is 0.167. The first-order valence-corrected chi connectivity index (χ1v) is 10.1. The highest BCUT2D eigenvalue weighted by atomic mass is 79.9. The quantitative estimate of drug-likeness (QED) is 0.392. The fourth-order valence-electron chi connectivity index (χ4n) is 2.04. The average molecular weight is 531 g/mol. The lowest BCUT2D eigenvalue weighted by Gasteiger charge is -2.13. The summed E-state index contributed by atoms with van der Waals surface area (Å²) in [4.78, 5) is 24.2. The number of halogens is 2. The van der Waals surface area contributed by atoms with Crippen molar-refractivity contribution >= 4 is 61.0 Å². The van der Waals surface area contributed by atoms with E-state index in [0.717, 1.165) is 4.47 Å². The number of carbonyl (C=O) groups is 2. The zero-order chi connectivity index (χ0) is 20.5. The molecule has 0 aliphatic rings. The molecule has 0 atom stereocenters. The second-order valence-corrected chi connectivity index (χ2v) is 7.43. The van der Waals surface area contributed by atoms with Crippen LogP contribution in [0.3, 0.4) is 0 Å². The molecular formula is C18H17Br2N3O4S. The maximum absolute atomic E-state index is 12.3. The van der Waals surface area contributed by atoms with Crippen molar-refractivity contribution in [3.05, 3.63) is 57.0 Å². The van der Waals surface area contributed by atoms with Gasteiger partial charge in [0.2, 0.25) is 0 Å². The average Bonchev–Trinajstić information content (AvgIpc) is 2.66. The van der Waals surface area contributed by atoms with Crippen LogP contribution in [0.4, 0.5) is 0 Å². The van der Waals surface area contributed by atoms with Gasteiger partial charge < -0.3 is 9.47 Å². The molecule has 2 rings (SSSR count). The van der Waals surface area contributed by atoms with Crippen LogP contribution in [0.2, 0.25) is 0 Å². The molecule has 0 fully saturated rings. The Labute approximate surface area is 184 Å². The summed E-state index contributed by atoms with van der Waals surface area (Å²) in [5.41, 5.74) is 5.15. The van der Waals surface area contributed by atoms with Crippen molar-refractivity contribution in [2.24, 2.45) is 0 Å². The summed E-state index contributed by atoms with van der Waals surface area (Å²) in [5, 5.41) is 2.41. The van der Waals surface area contributed by atoms with Gasteiger partial charge in [-0.2, -0.15) is 0 Å². The van der Waals surface area contributed by atoms with Gasteiger partial charge in [-0.05, 0) is 65.4 Å². The molecule has 148 valence electrons. The van der Waals surface area contributed by atoms with Crippen LogP contribution < -0.4 is 25.6 Å². The highest BCUT2D eigenvalue weighted by Crippen LogP contribution is 2.28. The number of hydrogen-bond donors (Lipinski definition) is 3. The number of hydrazine groups is 1.